The Morgan fingerprint density at radius 2 is 2.00 bits per heavy atom. The maximum atomic E-state index is 10.9. The molecule has 0 heterocycles. The van der Waals surface area contributed by atoms with Crippen molar-refractivity contribution in [1.29, 1.82) is 0 Å². The van der Waals surface area contributed by atoms with Gasteiger partial charge >= 0.3 is 5.97 Å². The number of carbonyl (C=O) groups excluding carboxylic acids is 1. The van der Waals surface area contributed by atoms with Gasteiger partial charge < -0.3 is 4.74 Å². The lowest BCUT2D eigenvalue weighted by molar-refractivity contribution is -0.148. The molecule has 1 atom stereocenters. The molecule has 0 bridgehead atoms. The lowest BCUT2D eigenvalue weighted by atomic mass is 10.2. The molecule has 0 aromatic heterocycles. The van der Waals surface area contributed by atoms with Crippen LogP contribution in [0.5, 0.6) is 0 Å². The van der Waals surface area contributed by atoms with E-state index >= 15 is 0 Å². The van der Waals surface area contributed by atoms with Crippen molar-refractivity contribution >= 4 is 5.97 Å². The second-order valence-corrected chi connectivity index (χ2v) is 2.84. The highest BCUT2D eigenvalue weighted by Gasteiger charge is 2.06. The van der Waals surface area contributed by atoms with Gasteiger partial charge in [0.1, 0.15) is 0 Å². The molecule has 0 saturated carbocycles. The van der Waals surface area contributed by atoms with Crippen LogP contribution in [0.15, 0.2) is 0 Å². The van der Waals surface area contributed by atoms with Gasteiger partial charge in [0.25, 0.3) is 0 Å². The molecule has 0 aromatic carbocycles. The van der Waals surface area contributed by atoms with Crippen LogP contribution in [0.25, 0.3) is 0 Å². The van der Waals surface area contributed by atoms with Crippen LogP contribution in [0.2, 0.25) is 0 Å². The Bertz CT molecular complexity index is 110. The summed E-state index contributed by atoms with van der Waals surface area (Å²) in [7, 11) is 0. The molecule has 0 N–H and O–H groups in total. The van der Waals surface area contributed by atoms with Crippen molar-refractivity contribution < 1.29 is 9.53 Å². The van der Waals surface area contributed by atoms with Gasteiger partial charge in [-0.1, -0.05) is 20.3 Å². The van der Waals surface area contributed by atoms with Gasteiger partial charge in [-0.05, 0) is 19.8 Å². The molecule has 2 heteroatoms. The number of hydrogen-bond acceptors (Lipinski definition) is 2. The van der Waals surface area contributed by atoms with Crippen molar-refractivity contribution in [3.8, 4) is 0 Å². The fraction of sp³-hybridized carbons (Fsp3) is 0.889. The van der Waals surface area contributed by atoms with Gasteiger partial charge in [-0.3, -0.25) is 4.79 Å². The van der Waals surface area contributed by atoms with E-state index in [1.54, 1.807) is 0 Å². The Labute approximate surface area is 68.9 Å². The first-order chi connectivity index (χ1) is 5.20. The van der Waals surface area contributed by atoms with E-state index in [4.69, 9.17) is 4.74 Å². The van der Waals surface area contributed by atoms with Gasteiger partial charge in [0.15, 0.2) is 0 Å². The summed E-state index contributed by atoms with van der Waals surface area (Å²) >= 11 is 0. The topological polar surface area (TPSA) is 26.3 Å². The largest absolute Gasteiger partial charge is 0.463 e. The van der Waals surface area contributed by atoms with Crippen LogP contribution in [0.4, 0.5) is 0 Å². The summed E-state index contributed by atoms with van der Waals surface area (Å²) in [5.41, 5.74) is 0. The van der Waals surface area contributed by atoms with Crippen LogP contribution in [0.3, 0.4) is 0 Å². The normalized spacial score (nSPS) is 12.6. The van der Waals surface area contributed by atoms with E-state index in [-0.39, 0.29) is 12.1 Å². The summed E-state index contributed by atoms with van der Waals surface area (Å²) in [6.45, 7) is 6.01. The van der Waals surface area contributed by atoms with Crippen LogP contribution >= 0.6 is 0 Å². The van der Waals surface area contributed by atoms with E-state index in [0.717, 1.165) is 19.3 Å². The minimum Gasteiger partial charge on any atom is -0.463 e. The van der Waals surface area contributed by atoms with Crippen molar-refractivity contribution in [3.63, 3.8) is 0 Å². The fourth-order valence-corrected chi connectivity index (χ4v) is 0.953. The fourth-order valence-electron chi connectivity index (χ4n) is 0.953. The Balaban J connectivity index is 3.40. The monoisotopic (exact) mass is 158 g/mol. The first kappa shape index (κ1) is 10.5. The van der Waals surface area contributed by atoms with Crippen LogP contribution in [0.1, 0.15) is 46.5 Å². The number of hydrogen-bond donors (Lipinski definition) is 0. The van der Waals surface area contributed by atoms with E-state index in [1.807, 2.05) is 13.8 Å². The molecule has 0 saturated heterocycles. The van der Waals surface area contributed by atoms with Crippen molar-refractivity contribution in [2.75, 3.05) is 0 Å². The summed E-state index contributed by atoms with van der Waals surface area (Å²) in [5, 5.41) is 0. The van der Waals surface area contributed by atoms with Gasteiger partial charge in [-0.25, -0.2) is 0 Å². The summed E-state index contributed by atoms with van der Waals surface area (Å²) in [6.07, 6.45) is 3.56. The number of esters is 1. The van der Waals surface area contributed by atoms with E-state index in [1.165, 1.54) is 0 Å². The molecule has 0 amide bonds. The molecule has 0 aliphatic carbocycles. The highest BCUT2D eigenvalue weighted by atomic mass is 16.5. The molecule has 0 radical (unpaired) electrons. The van der Waals surface area contributed by atoms with E-state index in [9.17, 15) is 4.79 Å². The van der Waals surface area contributed by atoms with Gasteiger partial charge in [0.2, 0.25) is 0 Å². The van der Waals surface area contributed by atoms with Gasteiger partial charge in [0, 0.05) is 6.42 Å². The highest BCUT2D eigenvalue weighted by molar-refractivity contribution is 5.69. The predicted molar refractivity (Wildman–Crippen MR) is 45.4 cm³/mol. The first-order valence-electron chi connectivity index (χ1n) is 4.40. The highest BCUT2D eigenvalue weighted by Crippen LogP contribution is 2.03. The maximum absolute atomic E-state index is 10.9. The Morgan fingerprint density at radius 1 is 1.36 bits per heavy atom. The van der Waals surface area contributed by atoms with Crippen molar-refractivity contribution in [2.24, 2.45) is 0 Å². The van der Waals surface area contributed by atoms with Crippen LogP contribution in [-0.2, 0) is 9.53 Å². The van der Waals surface area contributed by atoms with Crippen LogP contribution in [-0.4, -0.2) is 12.1 Å². The van der Waals surface area contributed by atoms with Gasteiger partial charge in [-0.15, -0.1) is 0 Å². The molecule has 11 heavy (non-hydrogen) atoms. The molecule has 2 nitrogen and oxygen atoms in total. The third-order valence-corrected chi connectivity index (χ3v) is 1.48. The molecule has 0 rings (SSSR count). The maximum Gasteiger partial charge on any atom is 0.306 e. The molecule has 0 spiro atoms. The van der Waals surface area contributed by atoms with E-state index in [2.05, 4.69) is 6.92 Å². The molecular weight excluding hydrogens is 140 g/mol. The Hall–Kier alpha value is -0.530. The van der Waals surface area contributed by atoms with Crippen molar-refractivity contribution in [1.82, 2.24) is 0 Å². The second-order valence-electron chi connectivity index (χ2n) is 2.84. The molecule has 0 aromatic rings. The average molecular weight is 158 g/mol. The molecule has 0 aliphatic rings. The second kappa shape index (κ2) is 6.20. The lowest BCUT2D eigenvalue weighted by Crippen LogP contribution is -2.13. The molecular formula is C9H18O2. The van der Waals surface area contributed by atoms with Crippen molar-refractivity contribution in [3.05, 3.63) is 0 Å². The summed E-state index contributed by atoms with van der Waals surface area (Å²) < 4.78 is 5.09. The molecule has 0 unspecified atom stereocenters. The van der Waals surface area contributed by atoms with Crippen molar-refractivity contribution in [2.45, 2.75) is 52.6 Å². The van der Waals surface area contributed by atoms with Gasteiger partial charge in [-0.2, -0.15) is 0 Å². The number of rotatable bonds is 5. The number of ether oxygens (including phenoxy) is 1. The zero-order valence-electron chi connectivity index (χ0n) is 7.72. The Morgan fingerprint density at radius 3 is 2.45 bits per heavy atom. The summed E-state index contributed by atoms with van der Waals surface area (Å²) in [6, 6.07) is 0. The van der Waals surface area contributed by atoms with Crippen LogP contribution in [0, 0.1) is 0 Å². The minimum absolute atomic E-state index is 0.0616. The third-order valence-electron chi connectivity index (χ3n) is 1.48. The smallest absolute Gasteiger partial charge is 0.306 e. The zero-order valence-corrected chi connectivity index (χ0v) is 7.72. The minimum atomic E-state index is -0.0616. The van der Waals surface area contributed by atoms with Gasteiger partial charge in [0.05, 0.1) is 6.10 Å². The first-order valence-corrected chi connectivity index (χ1v) is 4.40. The summed E-state index contributed by atoms with van der Waals surface area (Å²) in [4.78, 5) is 10.9. The van der Waals surface area contributed by atoms with Crippen LogP contribution < -0.4 is 0 Å². The predicted octanol–water partition coefficient (Wildman–Crippen LogP) is 2.52. The SMILES string of the molecule is CCCC(=O)O[C@@H](C)CCC. The number of carbonyl (C=O) groups is 1. The zero-order chi connectivity index (χ0) is 8.69. The third kappa shape index (κ3) is 5.89. The van der Waals surface area contributed by atoms with E-state index in [0.29, 0.717) is 6.42 Å². The lowest BCUT2D eigenvalue weighted by Gasteiger charge is -2.10. The summed E-state index contributed by atoms with van der Waals surface area (Å²) in [5.74, 6) is -0.0616. The quantitative estimate of drug-likeness (QED) is 0.575. The Kier molecular flexibility index (Phi) is 5.90. The van der Waals surface area contributed by atoms with E-state index < -0.39 is 0 Å². The standard InChI is InChI=1S/C9H18O2/c1-4-6-8(3)11-9(10)7-5-2/h8H,4-7H2,1-3H3/t8-/m0/s1. The molecule has 0 aliphatic heterocycles. The average Bonchev–Trinajstić information content (AvgIpc) is 1.87. The molecule has 66 valence electrons. The molecule has 0 fully saturated rings.